The molecule has 104 valence electrons. The van der Waals surface area contributed by atoms with Crippen LogP contribution in [-0.4, -0.2) is 10.2 Å². The summed E-state index contributed by atoms with van der Waals surface area (Å²) in [5, 5.41) is 20.0. The number of benzene rings is 2. The van der Waals surface area contributed by atoms with E-state index in [9.17, 15) is 10.2 Å². The van der Waals surface area contributed by atoms with Crippen molar-refractivity contribution in [3.63, 3.8) is 0 Å². The first kappa shape index (κ1) is 14.4. The van der Waals surface area contributed by atoms with Crippen LogP contribution < -0.4 is 0 Å². The Morgan fingerprint density at radius 2 is 1.60 bits per heavy atom. The number of aromatic hydroxyl groups is 1. The van der Waals surface area contributed by atoms with Gasteiger partial charge < -0.3 is 10.2 Å². The number of hydrogen-bond acceptors (Lipinski definition) is 2. The maximum absolute atomic E-state index is 10.6. The zero-order valence-corrected chi connectivity index (χ0v) is 11.6. The number of hydrogen-bond donors (Lipinski definition) is 2. The number of phenolic OH excluding ortho intramolecular Hbond substituents is 1. The van der Waals surface area contributed by atoms with Gasteiger partial charge >= 0.3 is 0 Å². The molecule has 0 amide bonds. The lowest BCUT2D eigenvalue weighted by Crippen LogP contribution is -2.08. The van der Waals surface area contributed by atoms with Crippen molar-refractivity contribution in [1.82, 2.24) is 0 Å². The molecular weight excluding hydrogens is 248 g/mol. The summed E-state index contributed by atoms with van der Waals surface area (Å²) in [4.78, 5) is 0. The minimum atomic E-state index is -0.624. The number of aliphatic hydroxyl groups is 1. The highest BCUT2D eigenvalue weighted by molar-refractivity contribution is 5.33. The van der Waals surface area contributed by atoms with Crippen molar-refractivity contribution in [1.29, 1.82) is 0 Å². The maximum atomic E-state index is 10.6. The molecule has 0 fully saturated rings. The Labute approximate surface area is 120 Å². The van der Waals surface area contributed by atoms with Crippen molar-refractivity contribution in [3.05, 3.63) is 77.9 Å². The molecule has 2 aromatic carbocycles. The quantitative estimate of drug-likeness (QED) is 0.799. The topological polar surface area (TPSA) is 40.5 Å². The van der Waals surface area contributed by atoms with Crippen LogP contribution in [0.4, 0.5) is 0 Å². The molecule has 2 rings (SSSR count). The summed E-state index contributed by atoms with van der Waals surface area (Å²) in [5.41, 5.74) is 1.88. The van der Waals surface area contributed by atoms with Gasteiger partial charge in [0.2, 0.25) is 0 Å². The van der Waals surface area contributed by atoms with E-state index in [0.717, 1.165) is 17.5 Å². The van der Waals surface area contributed by atoms with Crippen LogP contribution in [0.15, 0.2) is 66.7 Å². The van der Waals surface area contributed by atoms with E-state index in [1.165, 1.54) is 0 Å². The average molecular weight is 268 g/mol. The van der Waals surface area contributed by atoms with Crippen LogP contribution in [0.25, 0.3) is 0 Å². The molecule has 0 spiro atoms. The smallest absolute Gasteiger partial charge is 0.115 e. The van der Waals surface area contributed by atoms with Crippen LogP contribution in [0.1, 0.15) is 36.5 Å². The fourth-order valence-corrected chi connectivity index (χ4v) is 2.24. The summed E-state index contributed by atoms with van der Waals surface area (Å²) < 4.78 is 0. The summed E-state index contributed by atoms with van der Waals surface area (Å²) in [6, 6.07) is 16.7. The Morgan fingerprint density at radius 1 is 0.950 bits per heavy atom. The zero-order valence-electron chi connectivity index (χ0n) is 11.6. The second-order valence-corrected chi connectivity index (χ2v) is 4.81. The molecule has 2 aromatic rings. The van der Waals surface area contributed by atoms with Crippen molar-refractivity contribution in [2.75, 3.05) is 0 Å². The number of allylic oxidation sites excluding steroid dienone is 1. The summed E-state index contributed by atoms with van der Waals surface area (Å²) >= 11 is 0. The van der Waals surface area contributed by atoms with Crippen LogP contribution in [0.3, 0.4) is 0 Å². The molecule has 0 unspecified atom stereocenters. The highest BCUT2D eigenvalue weighted by Gasteiger charge is 2.20. The first-order chi connectivity index (χ1) is 9.72. The van der Waals surface area contributed by atoms with Gasteiger partial charge in [0.05, 0.1) is 6.10 Å². The molecule has 2 N–H and O–H groups in total. The lowest BCUT2D eigenvalue weighted by Gasteiger charge is -2.21. The van der Waals surface area contributed by atoms with Gasteiger partial charge in [0, 0.05) is 5.92 Å². The van der Waals surface area contributed by atoms with Crippen LogP contribution >= 0.6 is 0 Å². The van der Waals surface area contributed by atoms with Gasteiger partial charge in [0.1, 0.15) is 5.75 Å². The van der Waals surface area contributed by atoms with Crippen LogP contribution in [0.2, 0.25) is 0 Å². The lowest BCUT2D eigenvalue weighted by molar-refractivity contribution is 0.161. The maximum Gasteiger partial charge on any atom is 0.115 e. The average Bonchev–Trinajstić information content (AvgIpc) is 2.49. The van der Waals surface area contributed by atoms with Crippen molar-refractivity contribution < 1.29 is 10.2 Å². The fraction of sp³-hybridized carbons (Fsp3) is 0.222. The molecule has 0 heterocycles. The third-order valence-electron chi connectivity index (χ3n) is 3.34. The zero-order chi connectivity index (χ0) is 14.4. The predicted octanol–water partition coefficient (Wildman–Crippen LogP) is 4.18. The Kier molecular flexibility index (Phi) is 4.97. The largest absolute Gasteiger partial charge is 0.508 e. The molecule has 0 saturated carbocycles. The Bertz CT molecular complexity index is 543. The number of phenols is 1. The van der Waals surface area contributed by atoms with Crippen LogP contribution in [0, 0.1) is 0 Å². The van der Waals surface area contributed by atoms with Gasteiger partial charge in [0.15, 0.2) is 0 Å². The second kappa shape index (κ2) is 6.92. The van der Waals surface area contributed by atoms with E-state index in [1.807, 2.05) is 36.4 Å². The van der Waals surface area contributed by atoms with Gasteiger partial charge in [-0.2, -0.15) is 0 Å². The lowest BCUT2D eigenvalue weighted by atomic mass is 9.88. The standard InChI is InChI=1S/C18H20O2/c1-2-3-9-17(14-7-5-4-6-8-14)18(20)15-10-12-16(19)13-11-15/h3-13,17-20H,2H2,1H3/b9-3+/t17-,18-/m0/s1. The third kappa shape index (κ3) is 3.49. The summed E-state index contributed by atoms with van der Waals surface area (Å²) in [6.07, 6.45) is 4.43. The third-order valence-corrected chi connectivity index (χ3v) is 3.34. The van der Waals surface area contributed by atoms with Gasteiger partial charge in [-0.3, -0.25) is 0 Å². The van der Waals surface area contributed by atoms with Crippen LogP contribution in [0.5, 0.6) is 5.75 Å². The number of rotatable bonds is 5. The molecule has 0 aromatic heterocycles. The van der Waals surface area contributed by atoms with Gasteiger partial charge in [0.25, 0.3) is 0 Å². The Hall–Kier alpha value is -2.06. The molecule has 0 saturated heterocycles. The van der Waals surface area contributed by atoms with Crippen molar-refractivity contribution in [2.45, 2.75) is 25.4 Å². The SMILES string of the molecule is CC/C=C/[C@@H](c1ccccc1)[C@@H](O)c1ccc(O)cc1. The van der Waals surface area contributed by atoms with E-state index < -0.39 is 6.10 Å². The summed E-state index contributed by atoms with van der Waals surface area (Å²) in [5.74, 6) is 0.127. The first-order valence-corrected chi connectivity index (χ1v) is 6.91. The van der Waals surface area contributed by atoms with Gasteiger partial charge in [-0.25, -0.2) is 0 Å². The van der Waals surface area contributed by atoms with Crippen molar-refractivity contribution in [2.24, 2.45) is 0 Å². The van der Waals surface area contributed by atoms with Crippen molar-refractivity contribution >= 4 is 0 Å². The molecule has 0 aliphatic carbocycles. The van der Waals surface area contributed by atoms with Crippen molar-refractivity contribution in [3.8, 4) is 5.75 Å². The summed E-state index contributed by atoms with van der Waals surface area (Å²) in [6.45, 7) is 2.07. The predicted molar refractivity (Wildman–Crippen MR) is 81.7 cm³/mol. The van der Waals surface area contributed by atoms with Crippen LogP contribution in [-0.2, 0) is 0 Å². The molecule has 0 aliphatic rings. The van der Waals surface area contributed by atoms with E-state index in [1.54, 1.807) is 24.3 Å². The van der Waals surface area contributed by atoms with E-state index in [0.29, 0.717) is 0 Å². The van der Waals surface area contributed by atoms with Gasteiger partial charge in [-0.1, -0.05) is 61.5 Å². The normalized spacial score (nSPS) is 14.3. The minimum Gasteiger partial charge on any atom is -0.508 e. The molecular formula is C18H20O2. The molecule has 0 bridgehead atoms. The first-order valence-electron chi connectivity index (χ1n) is 6.91. The molecule has 20 heavy (non-hydrogen) atoms. The molecule has 2 atom stereocenters. The molecule has 2 nitrogen and oxygen atoms in total. The Balaban J connectivity index is 2.31. The molecule has 0 aliphatic heterocycles. The fourth-order valence-electron chi connectivity index (χ4n) is 2.24. The highest BCUT2D eigenvalue weighted by atomic mass is 16.3. The number of aliphatic hydroxyl groups excluding tert-OH is 1. The van der Waals surface area contributed by atoms with Gasteiger partial charge in [-0.15, -0.1) is 0 Å². The second-order valence-electron chi connectivity index (χ2n) is 4.81. The minimum absolute atomic E-state index is 0.0827. The van der Waals surface area contributed by atoms with E-state index in [-0.39, 0.29) is 11.7 Å². The summed E-state index contributed by atoms with van der Waals surface area (Å²) in [7, 11) is 0. The Morgan fingerprint density at radius 3 is 2.20 bits per heavy atom. The van der Waals surface area contributed by atoms with E-state index >= 15 is 0 Å². The van der Waals surface area contributed by atoms with E-state index in [4.69, 9.17) is 0 Å². The van der Waals surface area contributed by atoms with Gasteiger partial charge in [-0.05, 0) is 29.7 Å². The van der Waals surface area contributed by atoms with E-state index in [2.05, 4.69) is 13.0 Å². The molecule has 0 radical (unpaired) electrons. The highest BCUT2D eigenvalue weighted by Crippen LogP contribution is 2.32. The monoisotopic (exact) mass is 268 g/mol. The molecule has 2 heteroatoms.